The molecule has 4 heteroatoms. The first kappa shape index (κ1) is 15.2. The van der Waals surface area contributed by atoms with Gasteiger partial charge >= 0.3 is 0 Å². The standard InChI is InChI=1S/C15H28O2Si2/c1-5-15(3)9-8-12-19(4,17-15)14(2)13-18-11-7-6-10-16-18/h5,18H,1-2,6-13H2,3-4H3. The van der Waals surface area contributed by atoms with E-state index in [0.29, 0.717) is 0 Å². The molecule has 3 atom stereocenters. The summed E-state index contributed by atoms with van der Waals surface area (Å²) in [6, 6.07) is 3.68. The molecule has 0 aliphatic carbocycles. The van der Waals surface area contributed by atoms with Crippen molar-refractivity contribution < 1.29 is 8.85 Å². The molecule has 2 rings (SSSR count). The maximum Gasteiger partial charge on any atom is 0.217 e. The largest absolute Gasteiger partial charge is 0.420 e. The van der Waals surface area contributed by atoms with E-state index in [9.17, 15) is 0 Å². The summed E-state index contributed by atoms with van der Waals surface area (Å²) < 4.78 is 12.5. The second kappa shape index (κ2) is 6.08. The predicted molar refractivity (Wildman–Crippen MR) is 86.4 cm³/mol. The lowest BCUT2D eigenvalue weighted by molar-refractivity contribution is 0.103. The average Bonchev–Trinajstić information content (AvgIpc) is 2.40. The van der Waals surface area contributed by atoms with Gasteiger partial charge in [0.05, 0.1) is 5.60 Å². The first-order chi connectivity index (χ1) is 8.97. The van der Waals surface area contributed by atoms with Crippen molar-refractivity contribution in [2.75, 3.05) is 6.61 Å². The van der Waals surface area contributed by atoms with Crippen molar-refractivity contribution >= 4 is 17.4 Å². The highest BCUT2D eigenvalue weighted by Gasteiger charge is 2.43. The van der Waals surface area contributed by atoms with E-state index in [1.54, 1.807) is 0 Å². The first-order valence-corrected chi connectivity index (χ1v) is 12.3. The van der Waals surface area contributed by atoms with E-state index in [4.69, 9.17) is 8.85 Å². The average molecular weight is 297 g/mol. The first-order valence-electron chi connectivity index (χ1n) is 7.61. The molecule has 0 aromatic rings. The van der Waals surface area contributed by atoms with Crippen LogP contribution >= 0.6 is 0 Å². The minimum Gasteiger partial charge on any atom is -0.420 e. The van der Waals surface area contributed by atoms with Gasteiger partial charge in [-0.25, -0.2) is 0 Å². The summed E-state index contributed by atoms with van der Waals surface area (Å²) in [6.45, 7) is 13.8. The highest BCUT2D eigenvalue weighted by Crippen LogP contribution is 2.39. The van der Waals surface area contributed by atoms with Gasteiger partial charge < -0.3 is 8.85 Å². The van der Waals surface area contributed by atoms with Crippen LogP contribution in [-0.4, -0.2) is 29.6 Å². The summed E-state index contributed by atoms with van der Waals surface area (Å²) >= 11 is 0. The Balaban J connectivity index is 1.98. The summed E-state index contributed by atoms with van der Waals surface area (Å²) in [6.07, 6.45) is 6.93. The van der Waals surface area contributed by atoms with Crippen LogP contribution in [0, 0.1) is 0 Å². The molecule has 0 spiro atoms. The van der Waals surface area contributed by atoms with E-state index in [1.807, 2.05) is 6.08 Å². The van der Waals surface area contributed by atoms with Crippen LogP contribution in [0.25, 0.3) is 0 Å². The van der Waals surface area contributed by atoms with Crippen molar-refractivity contribution in [2.45, 2.75) is 62.9 Å². The third-order valence-electron chi connectivity index (χ3n) is 4.71. The molecule has 0 bridgehead atoms. The fraction of sp³-hybridized carbons (Fsp3) is 0.733. The minimum atomic E-state index is -1.79. The Labute approximate surface area is 120 Å². The van der Waals surface area contributed by atoms with Gasteiger partial charge in [-0.1, -0.05) is 24.1 Å². The molecule has 3 unspecified atom stereocenters. The van der Waals surface area contributed by atoms with Gasteiger partial charge in [-0.15, -0.1) is 13.2 Å². The van der Waals surface area contributed by atoms with Gasteiger partial charge in [-0.2, -0.15) is 0 Å². The van der Waals surface area contributed by atoms with Gasteiger partial charge in [0.25, 0.3) is 0 Å². The fourth-order valence-corrected chi connectivity index (χ4v) is 10.6. The molecule has 2 heterocycles. The molecule has 108 valence electrons. The lowest BCUT2D eigenvalue weighted by Gasteiger charge is -2.44. The quantitative estimate of drug-likeness (QED) is 0.578. The van der Waals surface area contributed by atoms with Crippen LogP contribution in [0.15, 0.2) is 24.4 Å². The van der Waals surface area contributed by atoms with Crippen molar-refractivity contribution in [3.63, 3.8) is 0 Å². The highest BCUT2D eigenvalue weighted by atomic mass is 28.4. The molecule has 2 saturated heterocycles. The van der Waals surface area contributed by atoms with E-state index in [2.05, 4.69) is 26.6 Å². The molecule has 2 aliphatic rings. The molecule has 0 amide bonds. The van der Waals surface area contributed by atoms with E-state index in [0.717, 1.165) is 19.1 Å². The normalized spacial score (nSPS) is 39.8. The van der Waals surface area contributed by atoms with Crippen LogP contribution in [0.4, 0.5) is 0 Å². The van der Waals surface area contributed by atoms with Gasteiger partial charge in [0, 0.05) is 6.61 Å². The summed E-state index contributed by atoms with van der Waals surface area (Å²) in [5.41, 5.74) is -0.128. The van der Waals surface area contributed by atoms with E-state index < -0.39 is 17.4 Å². The number of hydrogen-bond acceptors (Lipinski definition) is 2. The zero-order valence-electron chi connectivity index (χ0n) is 12.5. The Bertz CT molecular complexity index is 352. The second-order valence-electron chi connectivity index (χ2n) is 6.50. The van der Waals surface area contributed by atoms with Crippen molar-refractivity contribution in [2.24, 2.45) is 0 Å². The van der Waals surface area contributed by atoms with Crippen molar-refractivity contribution in [3.05, 3.63) is 24.4 Å². The number of hydrogen-bond donors (Lipinski definition) is 0. The third-order valence-corrected chi connectivity index (χ3v) is 11.8. The van der Waals surface area contributed by atoms with Crippen molar-refractivity contribution in [1.82, 2.24) is 0 Å². The fourth-order valence-electron chi connectivity index (χ4n) is 3.25. The monoisotopic (exact) mass is 296 g/mol. The van der Waals surface area contributed by atoms with Gasteiger partial charge in [-0.05, 0) is 44.4 Å². The number of allylic oxidation sites excluding steroid dienone is 1. The SMILES string of the molecule is C=CC1(C)CCC[Si](C)(C(=C)C[SiH]2CCCCO2)O1. The summed E-state index contributed by atoms with van der Waals surface area (Å²) in [5, 5.41) is 1.39. The molecule has 0 radical (unpaired) electrons. The Morgan fingerprint density at radius 2 is 2.21 bits per heavy atom. The molecule has 0 saturated carbocycles. The Kier molecular flexibility index (Phi) is 4.87. The van der Waals surface area contributed by atoms with Crippen LogP contribution in [-0.2, 0) is 8.85 Å². The molecular weight excluding hydrogens is 268 g/mol. The van der Waals surface area contributed by atoms with E-state index in [1.165, 1.54) is 36.5 Å². The minimum absolute atomic E-state index is 0.128. The predicted octanol–water partition coefficient (Wildman–Crippen LogP) is 3.95. The van der Waals surface area contributed by atoms with Gasteiger partial charge in [-0.3, -0.25) is 0 Å². The number of rotatable bonds is 4. The Morgan fingerprint density at radius 3 is 2.84 bits per heavy atom. The molecule has 19 heavy (non-hydrogen) atoms. The van der Waals surface area contributed by atoms with Crippen LogP contribution in [0.5, 0.6) is 0 Å². The van der Waals surface area contributed by atoms with Crippen LogP contribution in [0.2, 0.25) is 24.7 Å². The highest BCUT2D eigenvalue weighted by molar-refractivity contribution is 6.81. The zero-order chi connectivity index (χ0) is 13.9. The molecule has 2 nitrogen and oxygen atoms in total. The summed E-state index contributed by atoms with van der Waals surface area (Å²) in [7, 11) is -2.81. The third kappa shape index (κ3) is 3.68. The van der Waals surface area contributed by atoms with Crippen LogP contribution in [0.3, 0.4) is 0 Å². The smallest absolute Gasteiger partial charge is 0.217 e. The lowest BCUT2D eigenvalue weighted by Crippen LogP contribution is -2.49. The van der Waals surface area contributed by atoms with Gasteiger partial charge in [0.15, 0.2) is 9.04 Å². The van der Waals surface area contributed by atoms with Gasteiger partial charge in [0.2, 0.25) is 8.32 Å². The zero-order valence-corrected chi connectivity index (χ0v) is 14.7. The topological polar surface area (TPSA) is 18.5 Å². The maximum atomic E-state index is 6.50. The lowest BCUT2D eigenvalue weighted by atomic mass is 10.0. The van der Waals surface area contributed by atoms with Crippen LogP contribution in [0.1, 0.15) is 32.6 Å². The molecular formula is C15H28O2Si2. The summed E-state index contributed by atoms with van der Waals surface area (Å²) in [4.78, 5) is 0. The Morgan fingerprint density at radius 1 is 1.42 bits per heavy atom. The Hall–Kier alpha value is -0.166. The summed E-state index contributed by atoms with van der Waals surface area (Å²) in [5.74, 6) is 0. The second-order valence-corrected chi connectivity index (χ2v) is 12.9. The van der Waals surface area contributed by atoms with Crippen LogP contribution < -0.4 is 0 Å². The van der Waals surface area contributed by atoms with Crippen molar-refractivity contribution in [3.8, 4) is 0 Å². The van der Waals surface area contributed by atoms with E-state index in [-0.39, 0.29) is 5.60 Å². The molecule has 2 aliphatic heterocycles. The molecule has 0 N–H and O–H groups in total. The molecule has 2 fully saturated rings. The van der Waals surface area contributed by atoms with E-state index >= 15 is 0 Å². The van der Waals surface area contributed by atoms with Crippen molar-refractivity contribution in [1.29, 1.82) is 0 Å². The van der Waals surface area contributed by atoms with Gasteiger partial charge in [0.1, 0.15) is 0 Å². The molecule has 0 aromatic heterocycles. The molecule has 0 aromatic carbocycles. The maximum absolute atomic E-state index is 6.50.